The van der Waals surface area contributed by atoms with Gasteiger partial charge in [-0.2, -0.15) is 0 Å². The smallest absolute Gasteiger partial charge is 0.203 e. The summed E-state index contributed by atoms with van der Waals surface area (Å²) in [5, 5.41) is 3.44. The number of hydrogen-bond acceptors (Lipinski definition) is 3. The number of nitrogens with zero attached hydrogens (tertiary/aromatic N) is 3. The van der Waals surface area contributed by atoms with Crippen LogP contribution in [0.2, 0.25) is 0 Å². The molecule has 0 aliphatic heterocycles. The highest BCUT2D eigenvalue weighted by Gasteiger charge is 2.26. The van der Waals surface area contributed by atoms with E-state index in [0.717, 1.165) is 18.2 Å². The summed E-state index contributed by atoms with van der Waals surface area (Å²) in [6.07, 6.45) is 8.43. The van der Waals surface area contributed by atoms with Crippen molar-refractivity contribution in [2.75, 3.05) is 5.32 Å². The zero-order chi connectivity index (χ0) is 12.5. The van der Waals surface area contributed by atoms with Gasteiger partial charge in [0.2, 0.25) is 5.95 Å². The van der Waals surface area contributed by atoms with Gasteiger partial charge in [-0.25, -0.2) is 4.98 Å². The second-order valence-electron chi connectivity index (χ2n) is 5.00. The highest BCUT2D eigenvalue weighted by Crippen LogP contribution is 2.37. The first kappa shape index (κ1) is 11.3. The van der Waals surface area contributed by atoms with Crippen LogP contribution in [0.3, 0.4) is 0 Å². The van der Waals surface area contributed by atoms with E-state index in [2.05, 4.69) is 39.0 Å². The van der Waals surface area contributed by atoms with Gasteiger partial charge in [0.1, 0.15) is 0 Å². The second-order valence-corrected chi connectivity index (χ2v) is 5.00. The number of anilines is 1. The molecule has 2 aromatic heterocycles. The number of imidazole rings is 1. The van der Waals surface area contributed by atoms with E-state index in [9.17, 15) is 0 Å². The maximum atomic E-state index is 4.55. The van der Waals surface area contributed by atoms with Crippen molar-refractivity contribution in [3.63, 3.8) is 0 Å². The van der Waals surface area contributed by atoms with Gasteiger partial charge in [0.15, 0.2) is 0 Å². The summed E-state index contributed by atoms with van der Waals surface area (Å²) in [6.45, 7) is 4.93. The molecule has 0 atom stereocenters. The fourth-order valence-electron chi connectivity index (χ4n) is 2.15. The Balaban J connectivity index is 1.75. The van der Waals surface area contributed by atoms with E-state index in [4.69, 9.17) is 0 Å². The molecular weight excluding hydrogens is 224 g/mol. The van der Waals surface area contributed by atoms with E-state index in [0.29, 0.717) is 6.04 Å². The Morgan fingerprint density at radius 1 is 1.39 bits per heavy atom. The number of aromatic nitrogens is 3. The van der Waals surface area contributed by atoms with Crippen molar-refractivity contribution < 1.29 is 0 Å². The Bertz CT molecular complexity index is 555. The SMILES string of the molecule is Cc1cn(C2CC2)c(NCc2ccncc2C)n1. The third-order valence-corrected chi connectivity index (χ3v) is 3.37. The molecule has 0 bridgehead atoms. The molecule has 0 saturated heterocycles. The predicted molar refractivity (Wildman–Crippen MR) is 71.5 cm³/mol. The molecule has 0 spiro atoms. The van der Waals surface area contributed by atoms with Gasteiger partial charge in [0.25, 0.3) is 0 Å². The van der Waals surface area contributed by atoms with Crippen molar-refractivity contribution in [3.05, 3.63) is 41.5 Å². The van der Waals surface area contributed by atoms with Crippen molar-refractivity contribution in [1.82, 2.24) is 14.5 Å². The van der Waals surface area contributed by atoms with E-state index in [1.807, 2.05) is 19.3 Å². The van der Waals surface area contributed by atoms with Crippen LogP contribution in [-0.4, -0.2) is 14.5 Å². The number of rotatable bonds is 4. The average Bonchev–Trinajstić information content (AvgIpc) is 3.13. The molecule has 3 rings (SSSR count). The first-order chi connectivity index (χ1) is 8.74. The van der Waals surface area contributed by atoms with Crippen molar-refractivity contribution in [2.24, 2.45) is 0 Å². The monoisotopic (exact) mass is 242 g/mol. The Labute approximate surface area is 107 Å². The van der Waals surface area contributed by atoms with Crippen LogP contribution in [0.15, 0.2) is 24.7 Å². The second kappa shape index (κ2) is 4.44. The molecule has 1 aliphatic rings. The maximum absolute atomic E-state index is 4.55. The average molecular weight is 242 g/mol. The largest absolute Gasteiger partial charge is 0.352 e. The Morgan fingerprint density at radius 3 is 2.94 bits per heavy atom. The molecule has 2 aromatic rings. The van der Waals surface area contributed by atoms with E-state index in [1.165, 1.54) is 24.0 Å². The first-order valence-corrected chi connectivity index (χ1v) is 6.43. The van der Waals surface area contributed by atoms with Crippen LogP contribution in [0.25, 0.3) is 0 Å². The summed E-state index contributed by atoms with van der Waals surface area (Å²) in [5.41, 5.74) is 3.56. The van der Waals surface area contributed by atoms with Gasteiger partial charge in [-0.15, -0.1) is 0 Å². The van der Waals surface area contributed by atoms with Gasteiger partial charge in [-0.05, 0) is 43.9 Å². The fraction of sp³-hybridized carbons (Fsp3) is 0.429. The van der Waals surface area contributed by atoms with Gasteiger partial charge in [0.05, 0.1) is 5.69 Å². The Kier molecular flexibility index (Phi) is 2.78. The molecule has 2 heterocycles. The maximum Gasteiger partial charge on any atom is 0.203 e. The number of aryl methyl sites for hydroxylation is 2. The van der Waals surface area contributed by atoms with Gasteiger partial charge in [0, 0.05) is 31.2 Å². The lowest BCUT2D eigenvalue weighted by molar-refractivity contribution is 0.742. The molecule has 4 heteroatoms. The van der Waals surface area contributed by atoms with Crippen LogP contribution in [-0.2, 0) is 6.54 Å². The van der Waals surface area contributed by atoms with Crippen LogP contribution in [0.5, 0.6) is 0 Å². The van der Waals surface area contributed by atoms with Crippen molar-refractivity contribution in [2.45, 2.75) is 39.3 Å². The van der Waals surface area contributed by atoms with Crippen molar-refractivity contribution in [1.29, 1.82) is 0 Å². The number of pyridine rings is 1. The standard InChI is InChI=1S/C14H18N4/c1-10-7-15-6-5-12(10)8-16-14-17-11(2)9-18(14)13-3-4-13/h5-7,9,13H,3-4,8H2,1-2H3,(H,16,17). The minimum Gasteiger partial charge on any atom is -0.352 e. The highest BCUT2D eigenvalue weighted by atomic mass is 15.2. The van der Waals surface area contributed by atoms with E-state index < -0.39 is 0 Å². The first-order valence-electron chi connectivity index (χ1n) is 6.43. The van der Waals surface area contributed by atoms with Crippen LogP contribution < -0.4 is 5.32 Å². The summed E-state index contributed by atoms with van der Waals surface area (Å²) in [4.78, 5) is 8.66. The molecule has 1 aliphatic carbocycles. The Hall–Kier alpha value is -1.84. The van der Waals surface area contributed by atoms with Crippen molar-refractivity contribution in [3.8, 4) is 0 Å². The van der Waals surface area contributed by atoms with E-state index in [1.54, 1.807) is 0 Å². The summed E-state index contributed by atoms with van der Waals surface area (Å²) >= 11 is 0. The third kappa shape index (κ3) is 2.23. The van der Waals surface area contributed by atoms with Crippen LogP contribution >= 0.6 is 0 Å². The summed E-state index contributed by atoms with van der Waals surface area (Å²) in [5.74, 6) is 0.992. The number of nitrogens with one attached hydrogen (secondary N) is 1. The Morgan fingerprint density at radius 2 is 2.22 bits per heavy atom. The zero-order valence-corrected chi connectivity index (χ0v) is 10.8. The minimum atomic E-state index is 0.659. The normalized spacial score (nSPS) is 14.8. The van der Waals surface area contributed by atoms with Gasteiger partial charge < -0.3 is 9.88 Å². The van der Waals surface area contributed by atoms with E-state index in [-0.39, 0.29) is 0 Å². The predicted octanol–water partition coefficient (Wildman–Crippen LogP) is 2.84. The molecule has 0 aromatic carbocycles. The molecule has 0 amide bonds. The minimum absolute atomic E-state index is 0.659. The zero-order valence-electron chi connectivity index (χ0n) is 10.8. The molecular formula is C14H18N4. The van der Waals surface area contributed by atoms with Crippen LogP contribution in [0.4, 0.5) is 5.95 Å². The van der Waals surface area contributed by atoms with Crippen LogP contribution in [0, 0.1) is 13.8 Å². The summed E-state index contributed by atoms with van der Waals surface area (Å²) < 4.78 is 2.27. The summed E-state index contributed by atoms with van der Waals surface area (Å²) in [6, 6.07) is 2.71. The van der Waals surface area contributed by atoms with Gasteiger partial charge in [-0.3, -0.25) is 4.98 Å². The fourth-order valence-corrected chi connectivity index (χ4v) is 2.15. The van der Waals surface area contributed by atoms with Gasteiger partial charge in [-0.1, -0.05) is 0 Å². The molecule has 0 unspecified atom stereocenters. The lowest BCUT2D eigenvalue weighted by atomic mass is 10.1. The van der Waals surface area contributed by atoms with Gasteiger partial charge >= 0.3 is 0 Å². The topological polar surface area (TPSA) is 42.7 Å². The third-order valence-electron chi connectivity index (χ3n) is 3.37. The molecule has 1 fully saturated rings. The molecule has 94 valence electrons. The van der Waals surface area contributed by atoms with E-state index >= 15 is 0 Å². The lowest BCUT2D eigenvalue weighted by Crippen LogP contribution is -2.07. The molecule has 18 heavy (non-hydrogen) atoms. The lowest BCUT2D eigenvalue weighted by Gasteiger charge is -2.10. The molecule has 0 radical (unpaired) electrons. The van der Waals surface area contributed by atoms with Crippen molar-refractivity contribution >= 4 is 5.95 Å². The quantitative estimate of drug-likeness (QED) is 0.896. The highest BCUT2D eigenvalue weighted by molar-refractivity contribution is 5.33. The molecule has 4 nitrogen and oxygen atoms in total. The van der Waals surface area contributed by atoms with Crippen LogP contribution in [0.1, 0.15) is 35.7 Å². The molecule has 1 N–H and O–H groups in total. The summed E-state index contributed by atoms with van der Waals surface area (Å²) in [7, 11) is 0. The molecule has 1 saturated carbocycles. The number of hydrogen-bond donors (Lipinski definition) is 1.